The lowest BCUT2D eigenvalue weighted by atomic mass is 9.81. The third-order valence-electron chi connectivity index (χ3n) is 4.43. The maximum atomic E-state index is 10.9. The average Bonchev–Trinajstić information content (AvgIpc) is 2.52. The summed E-state index contributed by atoms with van der Waals surface area (Å²) < 4.78 is 0. The minimum absolute atomic E-state index is 0.0805. The largest absolute Gasteiger partial charge is 0.481 e. The van der Waals surface area contributed by atoms with Crippen LogP contribution in [0.3, 0.4) is 0 Å². The molecule has 0 aromatic heterocycles. The molecule has 2 aliphatic carbocycles. The van der Waals surface area contributed by atoms with Crippen LogP contribution in [0.1, 0.15) is 33.6 Å². The van der Waals surface area contributed by atoms with Crippen molar-refractivity contribution in [1.82, 2.24) is 0 Å². The summed E-state index contributed by atoms with van der Waals surface area (Å²) in [5.74, 6) is 1.19. The van der Waals surface area contributed by atoms with Crippen molar-refractivity contribution in [3.63, 3.8) is 0 Å². The zero-order valence-electron chi connectivity index (χ0n) is 8.58. The molecule has 2 rings (SSSR count). The van der Waals surface area contributed by atoms with Crippen LogP contribution in [0.15, 0.2) is 0 Å². The van der Waals surface area contributed by atoms with E-state index in [0.29, 0.717) is 17.3 Å². The summed E-state index contributed by atoms with van der Waals surface area (Å²) in [4.78, 5) is 10.9. The second kappa shape index (κ2) is 2.49. The van der Waals surface area contributed by atoms with Gasteiger partial charge in [0.2, 0.25) is 0 Å². The molecule has 2 fully saturated rings. The van der Waals surface area contributed by atoms with E-state index in [0.717, 1.165) is 18.8 Å². The maximum Gasteiger partial charge on any atom is 0.306 e. The fourth-order valence-corrected chi connectivity index (χ4v) is 3.21. The highest BCUT2D eigenvalue weighted by molar-refractivity contribution is 5.70. The standard InChI is InChI=1S/C11H18O2/c1-6-4-8-9(11(8,2)3)5-7(6)10(12)13/h6-9H,4-5H2,1-3H3,(H,12,13). The van der Waals surface area contributed by atoms with E-state index in [1.807, 2.05) is 0 Å². The monoisotopic (exact) mass is 182 g/mol. The molecule has 0 heterocycles. The van der Waals surface area contributed by atoms with Gasteiger partial charge in [-0.25, -0.2) is 0 Å². The Balaban J connectivity index is 2.09. The van der Waals surface area contributed by atoms with Crippen LogP contribution in [0.4, 0.5) is 0 Å². The highest BCUT2D eigenvalue weighted by Crippen LogP contribution is 2.66. The van der Waals surface area contributed by atoms with Crippen molar-refractivity contribution < 1.29 is 9.90 Å². The quantitative estimate of drug-likeness (QED) is 0.676. The third kappa shape index (κ3) is 1.18. The molecule has 0 aromatic rings. The van der Waals surface area contributed by atoms with Crippen LogP contribution in [-0.4, -0.2) is 11.1 Å². The molecule has 2 heteroatoms. The molecule has 0 aliphatic heterocycles. The summed E-state index contributed by atoms with van der Waals surface area (Å²) in [5.41, 5.74) is 0.429. The molecule has 0 aromatic carbocycles. The first-order valence-corrected chi connectivity index (χ1v) is 5.17. The molecule has 0 radical (unpaired) electrons. The summed E-state index contributed by atoms with van der Waals surface area (Å²) in [6.07, 6.45) is 2.03. The van der Waals surface area contributed by atoms with Gasteiger partial charge < -0.3 is 5.11 Å². The molecule has 13 heavy (non-hydrogen) atoms. The summed E-state index contributed by atoms with van der Waals surface area (Å²) in [6, 6.07) is 0. The van der Waals surface area contributed by atoms with Crippen LogP contribution < -0.4 is 0 Å². The summed E-state index contributed by atoms with van der Waals surface area (Å²) >= 11 is 0. The first-order valence-electron chi connectivity index (χ1n) is 5.17. The first kappa shape index (κ1) is 9.04. The van der Waals surface area contributed by atoms with Crippen LogP contribution in [0, 0.1) is 29.1 Å². The molecule has 1 N–H and O–H groups in total. The number of carbonyl (C=O) groups is 1. The van der Waals surface area contributed by atoms with Crippen LogP contribution in [0.25, 0.3) is 0 Å². The number of hydrogen-bond acceptors (Lipinski definition) is 1. The van der Waals surface area contributed by atoms with Gasteiger partial charge in [0, 0.05) is 0 Å². The Labute approximate surface area is 79.3 Å². The highest BCUT2D eigenvalue weighted by Gasteiger charge is 2.61. The zero-order valence-corrected chi connectivity index (χ0v) is 8.58. The van der Waals surface area contributed by atoms with Gasteiger partial charge in [0.15, 0.2) is 0 Å². The fraction of sp³-hybridized carbons (Fsp3) is 0.909. The number of hydrogen-bond donors (Lipinski definition) is 1. The van der Waals surface area contributed by atoms with E-state index in [4.69, 9.17) is 5.11 Å². The molecule has 0 amide bonds. The molecule has 4 atom stereocenters. The second-order valence-corrected chi connectivity index (χ2v) is 5.43. The van der Waals surface area contributed by atoms with Crippen molar-refractivity contribution in [3.8, 4) is 0 Å². The molecular weight excluding hydrogens is 164 g/mol. The van der Waals surface area contributed by atoms with Gasteiger partial charge in [0.05, 0.1) is 5.92 Å². The molecule has 74 valence electrons. The fourth-order valence-electron chi connectivity index (χ4n) is 3.21. The lowest BCUT2D eigenvalue weighted by Crippen LogP contribution is -2.25. The van der Waals surface area contributed by atoms with E-state index < -0.39 is 5.97 Å². The predicted octanol–water partition coefficient (Wildman–Crippen LogP) is 2.39. The molecular formula is C11H18O2. The Morgan fingerprint density at radius 1 is 1.31 bits per heavy atom. The average molecular weight is 182 g/mol. The van der Waals surface area contributed by atoms with E-state index >= 15 is 0 Å². The summed E-state index contributed by atoms with van der Waals surface area (Å²) in [7, 11) is 0. The van der Waals surface area contributed by atoms with Crippen LogP contribution in [0.5, 0.6) is 0 Å². The summed E-state index contributed by atoms with van der Waals surface area (Å²) in [5, 5.41) is 9.02. The van der Waals surface area contributed by atoms with Crippen molar-refractivity contribution in [2.45, 2.75) is 33.6 Å². The number of aliphatic carboxylic acids is 1. The minimum Gasteiger partial charge on any atom is -0.481 e. The number of fused-ring (bicyclic) bond motifs is 1. The number of carboxylic acids is 1. The van der Waals surface area contributed by atoms with Gasteiger partial charge in [0.1, 0.15) is 0 Å². The summed E-state index contributed by atoms with van der Waals surface area (Å²) in [6.45, 7) is 6.64. The molecule has 0 saturated heterocycles. The predicted molar refractivity (Wildman–Crippen MR) is 50.3 cm³/mol. The van der Waals surface area contributed by atoms with Crippen molar-refractivity contribution in [1.29, 1.82) is 0 Å². The minimum atomic E-state index is -0.589. The van der Waals surface area contributed by atoms with Crippen molar-refractivity contribution >= 4 is 5.97 Å². The Morgan fingerprint density at radius 3 is 2.38 bits per heavy atom. The van der Waals surface area contributed by atoms with E-state index in [1.54, 1.807) is 0 Å². The lowest BCUT2D eigenvalue weighted by molar-refractivity contribution is -0.144. The van der Waals surface area contributed by atoms with Crippen molar-refractivity contribution in [3.05, 3.63) is 0 Å². The highest BCUT2D eigenvalue weighted by atomic mass is 16.4. The first-order chi connectivity index (χ1) is 5.94. The van der Waals surface area contributed by atoms with Crippen molar-refractivity contribution in [2.75, 3.05) is 0 Å². The Morgan fingerprint density at radius 2 is 1.85 bits per heavy atom. The van der Waals surface area contributed by atoms with Crippen LogP contribution in [0.2, 0.25) is 0 Å². The van der Waals surface area contributed by atoms with E-state index in [9.17, 15) is 4.79 Å². The van der Waals surface area contributed by atoms with Crippen molar-refractivity contribution in [2.24, 2.45) is 29.1 Å². The van der Waals surface area contributed by atoms with Crippen LogP contribution in [-0.2, 0) is 4.79 Å². The third-order valence-corrected chi connectivity index (χ3v) is 4.43. The molecule has 2 nitrogen and oxygen atoms in total. The van der Waals surface area contributed by atoms with Gasteiger partial charge in [-0.2, -0.15) is 0 Å². The van der Waals surface area contributed by atoms with E-state index in [-0.39, 0.29) is 5.92 Å². The normalized spacial score (nSPS) is 46.7. The van der Waals surface area contributed by atoms with Gasteiger partial charge in [-0.05, 0) is 36.0 Å². The molecule has 0 spiro atoms. The maximum absolute atomic E-state index is 10.9. The molecule has 0 bridgehead atoms. The number of rotatable bonds is 1. The van der Waals surface area contributed by atoms with Gasteiger partial charge in [-0.1, -0.05) is 20.8 Å². The van der Waals surface area contributed by atoms with Gasteiger partial charge in [0.25, 0.3) is 0 Å². The Bertz CT molecular complexity index is 244. The lowest BCUT2D eigenvalue weighted by Gasteiger charge is -2.24. The molecule has 2 aliphatic rings. The Kier molecular flexibility index (Phi) is 1.73. The van der Waals surface area contributed by atoms with Gasteiger partial charge in [-0.15, -0.1) is 0 Å². The zero-order chi connectivity index (χ0) is 9.80. The van der Waals surface area contributed by atoms with Gasteiger partial charge >= 0.3 is 5.97 Å². The van der Waals surface area contributed by atoms with Gasteiger partial charge in [-0.3, -0.25) is 4.79 Å². The number of carboxylic acid groups (broad SMARTS) is 1. The molecule has 2 saturated carbocycles. The van der Waals surface area contributed by atoms with E-state index in [1.165, 1.54) is 0 Å². The smallest absolute Gasteiger partial charge is 0.306 e. The van der Waals surface area contributed by atoms with E-state index in [2.05, 4.69) is 20.8 Å². The Hall–Kier alpha value is -0.530. The van der Waals surface area contributed by atoms with Crippen LogP contribution >= 0.6 is 0 Å². The SMILES string of the molecule is CC1CC2C(CC1C(=O)O)C2(C)C. The second-order valence-electron chi connectivity index (χ2n) is 5.43. The topological polar surface area (TPSA) is 37.3 Å². The molecule has 4 unspecified atom stereocenters.